The van der Waals surface area contributed by atoms with Crippen LogP contribution in [0, 0.1) is 5.92 Å². The van der Waals surface area contributed by atoms with Gasteiger partial charge in [0.1, 0.15) is 48.7 Å². The Morgan fingerprint density at radius 3 is 0.862 bits per heavy atom. The third-order valence-electron chi connectivity index (χ3n) is 24.0. The van der Waals surface area contributed by atoms with Crippen molar-refractivity contribution < 1.29 is 94.8 Å². The second-order valence-corrected chi connectivity index (χ2v) is 40.4. The summed E-state index contributed by atoms with van der Waals surface area (Å²) in [5.41, 5.74) is 24.8. The van der Waals surface area contributed by atoms with Crippen molar-refractivity contribution in [2.75, 3.05) is 19.8 Å². The standard InChI is InChI=1S/C106H173F3N2O17P2/c1-76(2)38-21-39-77(3)40-22-41-78(4)42-23-43-79(5)44-24-45-80(6)46-25-47-81(7)48-26-49-82(8)50-27-51-83(9)52-28-53-84(10)54-29-55-85(11)56-30-57-86(12)58-31-59-87(13)60-32-61-88(14)62-33-63-89(15)64-34-65-90(16)66-35-67-91(17)68-36-69-92(18)70-37-71-93(19)72-73-123-129(119,120)128-130(121,122)127-104-98(111-105(118)106(107,108)109)101(117)102(96(75-113)125-104)126-103-97(110-94(20)114)100(116)99(115)95(74-112)124-103/h38,40,42,44,46,48,50,52,54,56,58,60,62,64,66,68,70,93,95-104,112-113,115-117H,21-37,39,41,43,45,47,49,51,53,55,57,59,61,63,65,67,69,71-75H2,1-20H3,(H,110,114)(H,111,118)(H,119,120)(H,121,122)/b77-40+,78-42+,79-44-,80-46-,81-48-,82-50-,83-52-,84-54-,85-56-,86-58-,87-60-,88-62-,89-64-,90-66-,91-68-,92-70-/t93-,95+,96+,97+,98+,99+,100+,101+,102+,103-,104+/m0/s1. The van der Waals surface area contributed by atoms with Gasteiger partial charge in [-0.05, 0) is 355 Å². The molecule has 2 unspecified atom stereocenters. The molecule has 0 spiro atoms. The minimum absolute atomic E-state index is 0.0661. The van der Waals surface area contributed by atoms with E-state index in [0.29, 0.717) is 12.8 Å². The zero-order chi connectivity index (χ0) is 97.4. The lowest BCUT2D eigenvalue weighted by Gasteiger charge is -2.48. The lowest BCUT2D eigenvalue weighted by molar-refractivity contribution is -0.326. The highest BCUT2D eigenvalue weighted by atomic mass is 31.3. The number of phosphoric ester groups is 2. The first-order valence-corrected chi connectivity index (χ1v) is 51.0. The fourth-order valence-electron chi connectivity index (χ4n) is 15.3. The molecule has 2 aliphatic rings. The normalized spacial score (nSPS) is 22.6. The van der Waals surface area contributed by atoms with Crippen molar-refractivity contribution in [3.05, 3.63) is 198 Å². The zero-order valence-electron chi connectivity index (χ0n) is 83.3. The average molecular weight is 1870 g/mol. The van der Waals surface area contributed by atoms with E-state index >= 15 is 0 Å². The number of rotatable bonds is 65. The van der Waals surface area contributed by atoms with Gasteiger partial charge in [0.05, 0.1) is 19.8 Å². The number of phosphoric acid groups is 2. The molecule has 2 fully saturated rings. The van der Waals surface area contributed by atoms with Gasteiger partial charge in [0.25, 0.3) is 0 Å². The van der Waals surface area contributed by atoms with Crippen LogP contribution < -0.4 is 10.6 Å². The van der Waals surface area contributed by atoms with E-state index in [1.165, 1.54) is 113 Å². The molecule has 2 heterocycles. The molecular formula is C106H173F3N2O17P2. The van der Waals surface area contributed by atoms with E-state index in [2.05, 4.69) is 238 Å². The highest BCUT2D eigenvalue weighted by Gasteiger charge is 2.55. The highest BCUT2D eigenvalue weighted by molar-refractivity contribution is 7.61. The molecule has 13 atom stereocenters. The molecule has 2 aliphatic heterocycles. The summed E-state index contributed by atoms with van der Waals surface area (Å²) in [7, 11) is -11.4. The molecule has 0 aromatic heterocycles. The first kappa shape index (κ1) is 120. The monoisotopic (exact) mass is 1870 g/mol. The Labute approximate surface area is 783 Å². The van der Waals surface area contributed by atoms with Crippen molar-refractivity contribution in [3.8, 4) is 0 Å². The zero-order valence-corrected chi connectivity index (χ0v) is 85.1. The molecule has 2 amide bonds. The first-order chi connectivity index (χ1) is 61.3. The van der Waals surface area contributed by atoms with Crippen LogP contribution in [0.3, 0.4) is 0 Å². The molecule has 740 valence electrons. The highest BCUT2D eigenvalue weighted by Crippen LogP contribution is 2.61. The van der Waals surface area contributed by atoms with Gasteiger partial charge in [-0.15, -0.1) is 0 Å². The summed E-state index contributed by atoms with van der Waals surface area (Å²) >= 11 is 0. The Balaban J connectivity index is 1.62. The number of carbonyl (C=O) groups is 2. The van der Waals surface area contributed by atoms with E-state index in [4.69, 9.17) is 23.3 Å². The minimum Gasteiger partial charge on any atom is -0.394 e. The molecule has 2 rings (SSSR count). The second kappa shape index (κ2) is 67.5. The van der Waals surface area contributed by atoms with Gasteiger partial charge in [0.15, 0.2) is 12.6 Å². The molecule has 0 saturated carbocycles. The van der Waals surface area contributed by atoms with Crippen LogP contribution in [0.15, 0.2) is 198 Å². The maximum absolute atomic E-state index is 13.5. The number of amides is 2. The first-order valence-electron chi connectivity index (χ1n) is 48.0. The minimum atomic E-state index is -5.94. The summed E-state index contributed by atoms with van der Waals surface area (Å²) in [5, 5.41) is 55.9. The van der Waals surface area contributed by atoms with Crippen LogP contribution in [0.4, 0.5) is 13.2 Å². The Morgan fingerprint density at radius 1 is 0.354 bits per heavy atom. The maximum atomic E-state index is 13.5. The van der Waals surface area contributed by atoms with Gasteiger partial charge < -0.3 is 60.2 Å². The molecule has 130 heavy (non-hydrogen) atoms. The number of alkyl halides is 3. The summed E-state index contributed by atoms with van der Waals surface area (Å²) in [6.07, 6.45) is 55.5. The van der Waals surface area contributed by atoms with Crippen LogP contribution in [-0.4, -0.2) is 134 Å². The number of hydrogen-bond acceptors (Lipinski definition) is 15. The number of aliphatic hydroxyl groups is 5. The number of aliphatic hydroxyl groups excluding tert-OH is 5. The van der Waals surface area contributed by atoms with E-state index in [1.54, 1.807) is 0 Å². The molecule has 0 aliphatic carbocycles. The third kappa shape index (κ3) is 57.9. The van der Waals surface area contributed by atoms with Crippen molar-refractivity contribution in [3.63, 3.8) is 0 Å². The van der Waals surface area contributed by atoms with Gasteiger partial charge >= 0.3 is 27.7 Å². The predicted molar refractivity (Wildman–Crippen MR) is 528 cm³/mol. The van der Waals surface area contributed by atoms with E-state index in [1.807, 2.05) is 6.92 Å². The molecule has 19 nitrogen and oxygen atoms in total. The lowest BCUT2D eigenvalue weighted by Crippen LogP contribution is -2.69. The van der Waals surface area contributed by atoms with Crippen molar-refractivity contribution >= 4 is 27.5 Å². The lowest BCUT2D eigenvalue weighted by atomic mass is 9.94. The number of ether oxygens (including phenoxy) is 3. The number of nitrogens with one attached hydrogen (secondary N) is 2. The molecule has 0 aromatic carbocycles. The molecule has 24 heteroatoms. The van der Waals surface area contributed by atoms with Gasteiger partial charge in [-0.2, -0.15) is 17.5 Å². The van der Waals surface area contributed by atoms with Crippen molar-refractivity contribution in [2.45, 2.75) is 431 Å². The fourth-order valence-corrected chi connectivity index (χ4v) is 17.5. The Bertz CT molecular complexity index is 4030. The predicted octanol–water partition coefficient (Wildman–Crippen LogP) is 27.1. The van der Waals surface area contributed by atoms with Crippen LogP contribution >= 0.6 is 15.6 Å². The van der Waals surface area contributed by atoms with Gasteiger partial charge in [0, 0.05) is 6.92 Å². The van der Waals surface area contributed by atoms with Crippen LogP contribution in [0.25, 0.3) is 0 Å². The van der Waals surface area contributed by atoms with E-state index in [-0.39, 0.29) is 12.3 Å². The largest absolute Gasteiger partial charge is 0.483 e. The molecule has 0 aromatic rings. The van der Waals surface area contributed by atoms with Crippen molar-refractivity contribution in [1.82, 2.24) is 10.6 Å². The summed E-state index contributed by atoms with van der Waals surface area (Å²) in [6, 6.07) is -4.20. The van der Waals surface area contributed by atoms with Crippen LogP contribution in [0.2, 0.25) is 0 Å². The molecule has 2 saturated heterocycles. The molecular weight excluding hydrogens is 1690 g/mol. The van der Waals surface area contributed by atoms with E-state index < -0.39 is 115 Å². The van der Waals surface area contributed by atoms with Crippen molar-refractivity contribution in [1.29, 1.82) is 0 Å². The SMILES string of the molecule is CC(=O)N[C@H]1[C@H](O[C@H]2[C@H](O)[C@@H](NC(=O)C(F)(F)F)[C@@H](OP(=O)(O)OP(=O)(O)OCC[C@@H](C)CC/C=C(/C)CC/C=C(/C)CC/C=C(/C)CC/C=C(/C)CC/C=C(/C)CC/C=C(/C)CC/C=C(/C)CC/C=C(/C)CC/C=C(/C)CC/C=C(/C)CC/C=C(/C)CC/C=C(/C)CC/C=C(/C)CC/C=C(/C)CC/C=C(\C)CC/C=C(\C)CCC=C(C)C)O[C@@H]2CO)O[C@H](CO)[C@@H](O)[C@@H]1O. The maximum Gasteiger partial charge on any atom is 0.483 e. The van der Waals surface area contributed by atoms with E-state index in [0.717, 1.165) is 200 Å². The number of hydrogen-bond donors (Lipinski definition) is 9. The molecule has 9 N–H and O–H groups in total. The topological polar surface area (TPSA) is 289 Å². The van der Waals surface area contributed by atoms with Gasteiger partial charge in [-0.25, -0.2) is 9.13 Å². The fraction of sp³-hybridized carbons (Fsp3) is 0.660. The number of allylic oxidation sites excluding steroid dienone is 34. The van der Waals surface area contributed by atoms with Crippen LogP contribution in [0.1, 0.15) is 363 Å². The van der Waals surface area contributed by atoms with Gasteiger partial charge in [-0.3, -0.25) is 18.6 Å². The van der Waals surface area contributed by atoms with Crippen molar-refractivity contribution in [2.24, 2.45) is 5.92 Å². The quantitative estimate of drug-likeness (QED) is 0.0202. The summed E-state index contributed by atoms with van der Waals surface area (Å²) < 4.78 is 97.3. The van der Waals surface area contributed by atoms with Gasteiger partial charge in [0.2, 0.25) is 5.91 Å². The Kier molecular flexibility index (Phi) is 62.4. The van der Waals surface area contributed by atoms with E-state index in [9.17, 15) is 67.2 Å². The Hall–Kier alpha value is -5.75. The average Bonchev–Trinajstić information content (AvgIpc) is 0.771. The smallest absolute Gasteiger partial charge is 0.394 e. The summed E-state index contributed by atoms with van der Waals surface area (Å²) in [4.78, 5) is 45.1. The number of halogens is 3. The summed E-state index contributed by atoms with van der Waals surface area (Å²) in [5.74, 6) is -3.60. The number of carbonyl (C=O) groups excluding carboxylic acids is 2. The third-order valence-corrected chi connectivity index (χ3v) is 26.6. The summed E-state index contributed by atoms with van der Waals surface area (Å²) in [6.45, 7) is 40.8. The van der Waals surface area contributed by atoms with Crippen LogP contribution in [0.5, 0.6) is 0 Å². The van der Waals surface area contributed by atoms with Gasteiger partial charge in [-0.1, -0.05) is 205 Å². The van der Waals surface area contributed by atoms with Crippen LogP contribution in [-0.2, 0) is 46.3 Å². The molecule has 0 bridgehead atoms. The second-order valence-electron chi connectivity index (χ2n) is 37.4. The molecule has 0 radical (unpaired) electrons. The Morgan fingerprint density at radius 2 is 0.608 bits per heavy atom.